The predicted molar refractivity (Wildman–Crippen MR) is 127 cm³/mol. The topological polar surface area (TPSA) is 193 Å². The van der Waals surface area contributed by atoms with Crippen LogP contribution in [0.25, 0.3) is 0 Å². The Bertz CT molecular complexity index is 912. The van der Waals surface area contributed by atoms with Gasteiger partial charge in [0.15, 0.2) is 0 Å². The molecule has 0 fully saturated rings. The lowest BCUT2D eigenvalue weighted by Crippen LogP contribution is -2.37. The number of likely N-dealkylation sites (N-methyl/N-ethyl adjacent to an activating group) is 2. The molecule has 0 heterocycles. The maximum Gasteiger partial charge on any atom is 0.470 e. The van der Waals surface area contributed by atoms with Crippen molar-refractivity contribution in [2.75, 3.05) is 40.4 Å². The van der Waals surface area contributed by atoms with E-state index in [2.05, 4.69) is 22.2 Å². The number of nitrogens with zero attached hydrogens (tertiary/aromatic N) is 2. The Hall–Kier alpha value is -2.54. The summed E-state index contributed by atoms with van der Waals surface area (Å²) in [6, 6.07) is 5.87. The third-order valence-electron chi connectivity index (χ3n) is 4.32. The van der Waals surface area contributed by atoms with Crippen LogP contribution in [0.4, 0.5) is 0 Å². The molecule has 1 aromatic rings. The fourth-order valence-corrected chi connectivity index (χ4v) is 3.77. The van der Waals surface area contributed by atoms with Crippen molar-refractivity contribution in [1.82, 2.24) is 9.80 Å². The zero-order valence-corrected chi connectivity index (χ0v) is 21.5. The van der Waals surface area contributed by atoms with Crippen molar-refractivity contribution in [3.63, 3.8) is 0 Å². The first-order valence-electron chi connectivity index (χ1n) is 10.2. The SMILES string of the molecule is C=CC(=O)N(C)CC(COc1ccc(OCC(CN(C)C(=O)C=C)OP(=O)(O)O)cc1)OP(=O)(O)O. The number of carbonyl (C=O) groups is 2. The lowest BCUT2D eigenvalue weighted by atomic mass is 10.3. The second-order valence-electron chi connectivity index (χ2n) is 7.38. The lowest BCUT2D eigenvalue weighted by molar-refractivity contribution is -0.126. The second kappa shape index (κ2) is 14.3. The molecule has 16 heteroatoms. The summed E-state index contributed by atoms with van der Waals surface area (Å²) in [5.41, 5.74) is 0. The van der Waals surface area contributed by atoms with Gasteiger partial charge < -0.3 is 38.8 Å². The standard InChI is InChI=1S/C20H30N2O12P2/c1-5-19(23)21(3)11-17(33-35(25,26)27)13-31-15-7-9-16(10-8-15)32-14-18(34-36(28,29)30)12-22(4)20(24)6-2/h5-10,17-18H,1-2,11-14H2,3-4H3,(H2,25,26,27)(H2,28,29,30). The minimum Gasteiger partial charge on any atom is -0.491 e. The molecular formula is C20H30N2O12P2. The summed E-state index contributed by atoms with van der Waals surface area (Å²) in [6.45, 7) is 5.71. The Morgan fingerprint density at radius 2 is 1.11 bits per heavy atom. The second-order valence-corrected chi connectivity index (χ2v) is 9.76. The summed E-state index contributed by atoms with van der Waals surface area (Å²) in [5, 5.41) is 0. The van der Waals surface area contributed by atoms with Crippen LogP contribution in [0.5, 0.6) is 11.5 Å². The third kappa shape index (κ3) is 13.0. The molecule has 0 saturated heterocycles. The van der Waals surface area contributed by atoms with E-state index in [1.165, 1.54) is 38.4 Å². The summed E-state index contributed by atoms with van der Waals surface area (Å²) >= 11 is 0. The number of phosphoric acid groups is 2. The summed E-state index contributed by atoms with van der Waals surface area (Å²) in [7, 11) is -6.91. The van der Waals surface area contributed by atoms with Crippen LogP contribution in [-0.2, 0) is 27.8 Å². The quantitative estimate of drug-likeness (QED) is 0.166. The average Bonchev–Trinajstić information content (AvgIpc) is 2.78. The summed E-state index contributed by atoms with van der Waals surface area (Å²) in [4.78, 5) is 62.1. The highest BCUT2D eigenvalue weighted by Crippen LogP contribution is 2.38. The van der Waals surface area contributed by atoms with Gasteiger partial charge in [-0.05, 0) is 36.4 Å². The predicted octanol–water partition coefficient (Wildman–Crippen LogP) is 0.689. The number of benzene rings is 1. The fraction of sp³-hybridized carbons (Fsp3) is 0.400. The van der Waals surface area contributed by atoms with Gasteiger partial charge in [-0.25, -0.2) is 9.13 Å². The van der Waals surface area contributed by atoms with Crippen LogP contribution in [0.15, 0.2) is 49.6 Å². The number of phosphoric ester groups is 2. The molecule has 2 atom stereocenters. The molecule has 14 nitrogen and oxygen atoms in total. The van der Waals surface area contributed by atoms with Gasteiger partial charge in [0.25, 0.3) is 0 Å². The number of rotatable bonds is 16. The van der Waals surface area contributed by atoms with Gasteiger partial charge in [0.05, 0.1) is 13.1 Å². The van der Waals surface area contributed by atoms with Gasteiger partial charge in [0.2, 0.25) is 11.8 Å². The molecular weight excluding hydrogens is 522 g/mol. The highest BCUT2D eigenvalue weighted by molar-refractivity contribution is 7.46. The molecule has 36 heavy (non-hydrogen) atoms. The molecule has 0 bridgehead atoms. The Kier molecular flexibility index (Phi) is 12.5. The molecule has 4 N–H and O–H groups in total. The van der Waals surface area contributed by atoms with Gasteiger partial charge in [0, 0.05) is 14.1 Å². The van der Waals surface area contributed by atoms with Gasteiger partial charge in [-0.15, -0.1) is 0 Å². The summed E-state index contributed by atoms with van der Waals surface area (Å²) < 4.78 is 42.9. The zero-order valence-electron chi connectivity index (χ0n) is 19.7. The van der Waals surface area contributed by atoms with Gasteiger partial charge in [-0.2, -0.15) is 0 Å². The molecule has 0 radical (unpaired) electrons. The highest BCUT2D eigenvalue weighted by Gasteiger charge is 2.26. The van der Waals surface area contributed by atoms with E-state index in [4.69, 9.17) is 29.0 Å². The van der Waals surface area contributed by atoms with Crippen LogP contribution in [0.1, 0.15) is 0 Å². The van der Waals surface area contributed by atoms with Crippen molar-refractivity contribution >= 4 is 27.5 Å². The van der Waals surface area contributed by atoms with Crippen LogP contribution in [-0.4, -0.2) is 93.8 Å². The van der Waals surface area contributed by atoms with Gasteiger partial charge in [-0.1, -0.05) is 13.2 Å². The van der Waals surface area contributed by atoms with Crippen LogP contribution in [0.2, 0.25) is 0 Å². The minimum atomic E-state index is -4.86. The van der Waals surface area contributed by atoms with E-state index in [1.54, 1.807) is 0 Å². The molecule has 2 amide bonds. The first kappa shape index (κ1) is 31.5. The Morgan fingerprint density at radius 3 is 1.36 bits per heavy atom. The van der Waals surface area contributed by atoms with Crippen LogP contribution in [0, 0.1) is 0 Å². The number of hydrogen-bond acceptors (Lipinski definition) is 8. The first-order chi connectivity index (χ1) is 16.6. The Morgan fingerprint density at radius 1 is 0.806 bits per heavy atom. The van der Waals surface area contributed by atoms with Crippen molar-refractivity contribution in [2.45, 2.75) is 12.2 Å². The van der Waals surface area contributed by atoms with E-state index in [0.717, 1.165) is 22.0 Å². The fourth-order valence-electron chi connectivity index (χ4n) is 2.73. The molecule has 0 aliphatic rings. The minimum absolute atomic E-state index is 0.180. The molecule has 0 aliphatic heterocycles. The average molecular weight is 552 g/mol. The summed E-state index contributed by atoms with van der Waals surface area (Å²) in [6.07, 6.45) is -0.231. The molecule has 0 spiro atoms. The lowest BCUT2D eigenvalue weighted by Gasteiger charge is -2.24. The van der Waals surface area contributed by atoms with Crippen molar-refractivity contribution in [1.29, 1.82) is 0 Å². The van der Waals surface area contributed by atoms with Crippen LogP contribution >= 0.6 is 15.6 Å². The van der Waals surface area contributed by atoms with Crippen molar-refractivity contribution in [3.8, 4) is 11.5 Å². The van der Waals surface area contributed by atoms with E-state index in [-0.39, 0.29) is 37.8 Å². The zero-order chi connectivity index (χ0) is 27.5. The third-order valence-corrected chi connectivity index (χ3v) is 5.47. The van der Waals surface area contributed by atoms with Crippen molar-refractivity contribution in [3.05, 3.63) is 49.6 Å². The van der Waals surface area contributed by atoms with E-state index >= 15 is 0 Å². The first-order valence-corrected chi connectivity index (χ1v) is 13.3. The van der Waals surface area contributed by atoms with E-state index < -0.39 is 39.7 Å². The monoisotopic (exact) mass is 552 g/mol. The number of carbonyl (C=O) groups excluding carboxylic acids is 2. The number of amides is 2. The van der Waals surface area contributed by atoms with Crippen LogP contribution < -0.4 is 9.47 Å². The molecule has 202 valence electrons. The van der Waals surface area contributed by atoms with Crippen molar-refractivity contribution in [2.24, 2.45) is 0 Å². The normalized spacial score (nSPS) is 13.3. The Labute approximate surface area is 208 Å². The molecule has 1 aromatic carbocycles. The van der Waals surface area contributed by atoms with E-state index in [1.807, 2.05) is 0 Å². The molecule has 2 unspecified atom stereocenters. The molecule has 0 aromatic heterocycles. The molecule has 0 aliphatic carbocycles. The maximum absolute atomic E-state index is 11.6. The largest absolute Gasteiger partial charge is 0.491 e. The summed E-state index contributed by atoms with van der Waals surface area (Å²) in [5.74, 6) is -0.397. The Balaban J connectivity index is 2.77. The number of ether oxygens (including phenoxy) is 2. The molecule has 1 rings (SSSR count). The van der Waals surface area contributed by atoms with E-state index in [9.17, 15) is 18.7 Å². The highest BCUT2D eigenvalue weighted by atomic mass is 31.2. The number of hydrogen-bond donors (Lipinski definition) is 4. The van der Waals surface area contributed by atoms with Gasteiger partial charge >= 0.3 is 15.6 Å². The smallest absolute Gasteiger partial charge is 0.470 e. The van der Waals surface area contributed by atoms with Crippen LogP contribution in [0.3, 0.4) is 0 Å². The maximum atomic E-state index is 11.6. The van der Waals surface area contributed by atoms with Gasteiger partial charge in [0.1, 0.15) is 36.9 Å². The van der Waals surface area contributed by atoms with E-state index in [0.29, 0.717) is 0 Å². The van der Waals surface area contributed by atoms with Crippen molar-refractivity contribution < 1.29 is 56.8 Å². The van der Waals surface area contributed by atoms with Gasteiger partial charge in [-0.3, -0.25) is 18.6 Å². The molecule has 0 saturated carbocycles.